The summed E-state index contributed by atoms with van der Waals surface area (Å²) in [5.74, 6) is 0.782. The minimum atomic E-state index is -0.828. The Morgan fingerprint density at radius 2 is 1.54 bits per heavy atom. The second kappa shape index (κ2) is 17.4. The summed E-state index contributed by atoms with van der Waals surface area (Å²) < 4.78 is 28.7. The smallest absolute Gasteiger partial charge is 0.494 e. The van der Waals surface area contributed by atoms with Gasteiger partial charge in [0, 0.05) is 24.9 Å². The summed E-state index contributed by atoms with van der Waals surface area (Å²) in [6, 6.07) is 21.1. The summed E-state index contributed by atoms with van der Waals surface area (Å²) in [7, 11) is 0. The summed E-state index contributed by atoms with van der Waals surface area (Å²) in [5, 5.41) is 23.9. The van der Waals surface area contributed by atoms with Crippen LogP contribution in [-0.2, 0) is 25.7 Å². The average molecular weight is 668 g/mol. The van der Waals surface area contributed by atoms with Gasteiger partial charge >= 0.3 is 17.5 Å². The van der Waals surface area contributed by atoms with E-state index in [0.29, 0.717) is 32.8 Å². The highest BCUT2D eigenvalue weighted by molar-refractivity contribution is 5.60. The van der Waals surface area contributed by atoms with Crippen LogP contribution in [0.5, 0.6) is 11.5 Å². The maximum atomic E-state index is 12.3. The van der Waals surface area contributed by atoms with E-state index in [1.807, 2.05) is 54.6 Å². The lowest BCUT2D eigenvalue weighted by Gasteiger charge is -2.37. The molecule has 0 N–H and O–H groups in total. The normalized spacial score (nSPS) is 16.6. The Kier molecular flexibility index (Phi) is 13.1. The number of nitro groups is 2. The van der Waals surface area contributed by atoms with Crippen LogP contribution in [0.15, 0.2) is 72.8 Å². The van der Waals surface area contributed by atoms with Gasteiger partial charge in [-0.25, -0.2) is 4.79 Å². The summed E-state index contributed by atoms with van der Waals surface area (Å²) in [6.45, 7) is 7.73. The summed E-state index contributed by atoms with van der Waals surface area (Å²) in [4.78, 5) is 38.5. The maximum absolute atomic E-state index is 12.3. The minimum absolute atomic E-state index is 0.0208. The van der Waals surface area contributed by atoms with Gasteiger partial charge < -0.3 is 28.5 Å². The van der Waals surface area contributed by atoms with Crippen molar-refractivity contribution in [2.45, 2.75) is 57.8 Å². The van der Waals surface area contributed by atoms with Crippen LogP contribution < -0.4 is 9.47 Å². The molecule has 258 valence electrons. The van der Waals surface area contributed by atoms with Gasteiger partial charge in [-0.05, 0) is 56.5 Å². The van der Waals surface area contributed by atoms with Gasteiger partial charge in [0.2, 0.25) is 0 Å². The number of hydroxylamine groups is 2. The first-order valence-electron chi connectivity index (χ1n) is 15.7. The fraction of sp³-hybridized carbons (Fsp3) is 0.441. The third-order valence-electron chi connectivity index (χ3n) is 7.26. The van der Waals surface area contributed by atoms with Crippen LogP contribution in [0.1, 0.15) is 50.7 Å². The number of carbonyl (C=O) groups excluding carboxylic acids is 1. The van der Waals surface area contributed by atoms with Crippen LogP contribution in [0.2, 0.25) is 0 Å². The summed E-state index contributed by atoms with van der Waals surface area (Å²) in [6.07, 6.45) is 0.136. The van der Waals surface area contributed by atoms with Crippen LogP contribution in [0.3, 0.4) is 0 Å². The van der Waals surface area contributed by atoms with Gasteiger partial charge in [0.05, 0.1) is 55.0 Å². The van der Waals surface area contributed by atoms with E-state index in [9.17, 15) is 25.0 Å². The van der Waals surface area contributed by atoms with Gasteiger partial charge in [-0.2, -0.15) is 0 Å². The molecule has 1 heterocycles. The Hall–Kier alpha value is -4.79. The van der Waals surface area contributed by atoms with Gasteiger partial charge in [-0.1, -0.05) is 42.5 Å². The van der Waals surface area contributed by atoms with Crippen molar-refractivity contribution in [2.75, 3.05) is 39.5 Å². The molecule has 0 aromatic heterocycles. The van der Waals surface area contributed by atoms with E-state index in [4.69, 9.17) is 28.5 Å². The van der Waals surface area contributed by atoms with E-state index in [0.717, 1.165) is 35.4 Å². The Morgan fingerprint density at radius 1 is 0.854 bits per heavy atom. The number of nitrogens with zero attached hydrogens (tertiary/aromatic N) is 3. The zero-order valence-corrected chi connectivity index (χ0v) is 27.3. The molecule has 1 saturated heterocycles. The highest BCUT2D eigenvalue weighted by Crippen LogP contribution is 2.33. The fourth-order valence-electron chi connectivity index (χ4n) is 5.07. The van der Waals surface area contributed by atoms with E-state index < -0.39 is 39.1 Å². The SMILES string of the molecule is CC(C)(C)OC(=O)ON1CCC(c2ccc(OCCCOCc3ccccc3)cc2)C(OCCOc2ccc([N+](=O)[O-])c([N+](=O)[O-])c2)C1. The quantitative estimate of drug-likeness (QED) is 0.0696. The van der Waals surface area contributed by atoms with Crippen molar-refractivity contribution in [3.8, 4) is 11.5 Å². The van der Waals surface area contributed by atoms with Crippen LogP contribution in [0, 0.1) is 20.2 Å². The van der Waals surface area contributed by atoms with Gasteiger partial charge in [-0.3, -0.25) is 20.2 Å². The van der Waals surface area contributed by atoms with E-state index in [1.165, 1.54) is 11.1 Å². The van der Waals surface area contributed by atoms with Crippen LogP contribution in [-0.4, -0.2) is 72.3 Å². The molecule has 14 heteroatoms. The molecular weight excluding hydrogens is 626 g/mol. The van der Waals surface area contributed by atoms with E-state index in [1.54, 1.807) is 20.8 Å². The molecule has 2 unspecified atom stereocenters. The maximum Gasteiger partial charge on any atom is 0.528 e. The zero-order chi connectivity index (χ0) is 34.5. The molecule has 1 aliphatic heterocycles. The lowest BCUT2D eigenvalue weighted by atomic mass is 9.87. The average Bonchev–Trinajstić information content (AvgIpc) is 3.04. The van der Waals surface area contributed by atoms with Gasteiger partial charge in [0.1, 0.15) is 23.7 Å². The summed E-state index contributed by atoms with van der Waals surface area (Å²) in [5.41, 5.74) is 0.144. The number of nitro benzene ring substituents is 2. The number of carbonyl (C=O) groups is 1. The minimum Gasteiger partial charge on any atom is -0.494 e. The first-order valence-corrected chi connectivity index (χ1v) is 15.7. The molecule has 1 fully saturated rings. The second-order valence-electron chi connectivity index (χ2n) is 12.1. The van der Waals surface area contributed by atoms with Crippen molar-refractivity contribution in [3.05, 3.63) is 104 Å². The highest BCUT2D eigenvalue weighted by Gasteiger charge is 2.34. The predicted molar refractivity (Wildman–Crippen MR) is 174 cm³/mol. The van der Waals surface area contributed by atoms with Crippen molar-refractivity contribution < 1.29 is 43.2 Å². The number of rotatable bonds is 16. The van der Waals surface area contributed by atoms with Crippen molar-refractivity contribution in [3.63, 3.8) is 0 Å². The van der Waals surface area contributed by atoms with Crippen LogP contribution >= 0.6 is 0 Å². The molecule has 0 spiro atoms. The van der Waals surface area contributed by atoms with Gasteiger partial charge in [0.15, 0.2) is 0 Å². The third-order valence-corrected chi connectivity index (χ3v) is 7.26. The molecule has 0 amide bonds. The Morgan fingerprint density at radius 3 is 2.23 bits per heavy atom. The lowest BCUT2D eigenvalue weighted by Crippen LogP contribution is -2.46. The molecule has 0 saturated carbocycles. The van der Waals surface area contributed by atoms with Crippen molar-refractivity contribution >= 4 is 17.5 Å². The van der Waals surface area contributed by atoms with Crippen molar-refractivity contribution in [2.24, 2.45) is 0 Å². The molecule has 3 aromatic rings. The first-order chi connectivity index (χ1) is 23.0. The molecule has 0 aliphatic carbocycles. The number of ether oxygens (including phenoxy) is 5. The van der Waals surface area contributed by atoms with E-state index in [2.05, 4.69) is 0 Å². The molecule has 0 radical (unpaired) electrons. The Labute approximate surface area is 278 Å². The summed E-state index contributed by atoms with van der Waals surface area (Å²) >= 11 is 0. The first kappa shape index (κ1) is 36.1. The van der Waals surface area contributed by atoms with E-state index in [-0.39, 0.29) is 31.4 Å². The molecule has 1 aliphatic rings. The Bertz CT molecular complexity index is 1500. The molecule has 0 bridgehead atoms. The molecule has 3 aromatic carbocycles. The van der Waals surface area contributed by atoms with Crippen molar-refractivity contribution in [1.82, 2.24) is 5.06 Å². The molecule has 2 atom stereocenters. The number of benzene rings is 3. The molecule has 14 nitrogen and oxygen atoms in total. The topological polar surface area (TPSA) is 162 Å². The lowest BCUT2D eigenvalue weighted by molar-refractivity contribution is -0.422. The van der Waals surface area contributed by atoms with Gasteiger partial charge in [0.25, 0.3) is 0 Å². The van der Waals surface area contributed by atoms with Crippen molar-refractivity contribution in [1.29, 1.82) is 0 Å². The van der Waals surface area contributed by atoms with Crippen LogP contribution in [0.4, 0.5) is 16.2 Å². The standard InChI is InChI=1S/C34H41N3O11/c1-34(2,3)47-33(38)48-35-17-16-29(26-10-12-27(13-11-26)44-19-7-18-43-24-25-8-5-4-6-9-25)32(23-35)46-21-20-45-28-14-15-30(36(39)40)31(22-28)37(41)42/h4-6,8-15,22,29,32H,7,16-21,23-24H2,1-3H3. The largest absolute Gasteiger partial charge is 0.528 e. The molecule has 4 rings (SSSR count). The fourth-order valence-corrected chi connectivity index (χ4v) is 5.07. The monoisotopic (exact) mass is 667 g/mol. The third kappa shape index (κ3) is 11.5. The van der Waals surface area contributed by atoms with Gasteiger partial charge in [-0.15, -0.1) is 5.06 Å². The highest BCUT2D eigenvalue weighted by atomic mass is 16.8. The number of hydrogen-bond acceptors (Lipinski definition) is 12. The zero-order valence-electron chi connectivity index (χ0n) is 27.3. The van der Waals surface area contributed by atoms with E-state index >= 15 is 0 Å². The predicted octanol–water partition coefficient (Wildman–Crippen LogP) is 6.61. The molecule has 48 heavy (non-hydrogen) atoms. The number of piperidine rings is 1. The number of hydrogen-bond donors (Lipinski definition) is 0. The van der Waals surface area contributed by atoms with Crippen LogP contribution in [0.25, 0.3) is 0 Å². The second-order valence-corrected chi connectivity index (χ2v) is 12.1. The Balaban J connectivity index is 1.32. The molecular formula is C34H41N3O11.